The van der Waals surface area contributed by atoms with Crippen LogP contribution in [-0.2, 0) is 6.42 Å². The largest absolute Gasteiger partial charge is 0.278 e. The van der Waals surface area contributed by atoms with Gasteiger partial charge in [-0.2, -0.15) is 5.10 Å². The second-order valence-electron chi connectivity index (χ2n) is 5.63. The summed E-state index contributed by atoms with van der Waals surface area (Å²) in [5.41, 5.74) is 6.85. The molecular weight excluding hydrogens is 282 g/mol. The van der Waals surface area contributed by atoms with Crippen LogP contribution in [0.2, 0.25) is 0 Å². The molecule has 0 fully saturated rings. The number of aryl methyl sites for hydroxylation is 1. The number of nitrogens with zero attached hydrogens (tertiary/aromatic N) is 2. The Kier molecular flexibility index (Phi) is 3.39. The van der Waals surface area contributed by atoms with E-state index < -0.39 is 0 Å². The lowest BCUT2D eigenvalue weighted by Crippen LogP contribution is -1.90. The van der Waals surface area contributed by atoms with E-state index in [4.69, 9.17) is 0 Å². The average molecular weight is 299 g/mol. The lowest BCUT2D eigenvalue weighted by molar-refractivity contribution is 1.12. The normalized spacial score (nSPS) is 11.0. The molecule has 0 unspecified atom stereocenters. The van der Waals surface area contributed by atoms with Crippen LogP contribution in [-0.4, -0.2) is 15.2 Å². The molecule has 0 aliphatic rings. The fraction of sp³-hybridized carbons (Fsp3) is 0.100. The van der Waals surface area contributed by atoms with E-state index in [-0.39, 0.29) is 0 Å². The van der Waals surface area contributed by atoms with Crippen molar-refractivity contribution in [3.63, 3.8) is 0 Å². The minimum Gasteiger partial charge on any atom is -0.278 e. The molecule has 0 bridgehead atoms. The molecule has 4 aromatic rings. The number of H-pyrrole nitrogens is 1. The van der Waals surface area contributed by atoms with Crippen LogP contribution in [0.5, 0.6) is 0 Å². The van der Waals surface area contributed by atoms with Crippen molar-refractivity contribution in [2.24, 2.45) is 0 Å². The molecule has 4 rings (SSSR count). The number of rotatable bonds is 3. The highest BCUT2D eigenvalue weighted by Crippen LogP contribution is 2.32. The summed E-state index contributed by atoms with van der Waals surface area (Å²) in [4.78, 5) is 4.65. The quantitative estimate of drug-likeness (QED) is 0.587. The van der Waals surface area contributed by atoms with E-state index in [0.29, 0.717) is 0 Å². The van der Waals surface area contributed by atoms with Crippen LogP contribution in [0.3, 0.4) is 0 Å². The first-order chi connectivity index (χ1) is 11.3. The van der Waals surface area contributed by atoms with Crippen LogP contribution >= 0.6 is 0 Å². The third-order valence-electron chi connectivity index (χ3n) is 4.17. The molecule has 112 valence electrons. The van der Waals surface area contributed by atoms with Gasteiger partial charge in [-0.05, 0) is 41.8 Å². The fourth-order valence-corrected chi connectivity index (χ4v) is 2.92. The second kappa shape index (κ2) is 5.69. The van der Waals surface area contributed by atoms with Crippen molar-refractivity contribution in [1.29, 1.82) is 0 Å². The maximum atomic E-state index is 4.65. The van der Waals surface area contributed by atoms with Crippen LogP contribution in [0.1, 0.15) is 12.5 Å². The fourth-order valence-electron chi connectivity index (χ4n) is 2.92. The van der Waals surface area contributed by atoms with Gasteiger partial charge in [-0.3, -0.25) is 10.1 Å². The van der Waals surface area contributed by atoms with E-state index in [1.807, 2.05) is 18.5 Å². The summed E-state index contributed by atoms with van der Waals surface area (Å²) in [6.07, 6.45) is 4.73. The van der Waals surface area contributed by atoms with Crippen LogP contribution < -0.4 is 0 Å². The van der Waals surface area contributed by atoms with E-state index in [1.54, 1.807) is 0 Å². The first kappa shape index (κ1) is 13.7. The SMILES string of the molecule is CCc1cccc(-c2ncccc2-c2ccc3[nH]ncc3c2)c1. The lowest BCUT2D eigenvalue weighted by atomic mass is 9.97. The molecule has 2 aromatic heterocycles. The zero-order chi connectivity index (χ0) is 15.6. The Labute approximate surface area is 135 Å². The number of aromatic amines is 1. The molecule has 0 aliphatic carbocycles. The molecule has 0 spiro atoms. The van der Waals surface area contributed by atoms with Crippen molar-refractivity contribution in [3.05, 3.63) is 72.6 Å². The van der Waals surface area contributed by atoms with Crippen LogP contribution in [0.4, 0.5) is 0 Å². The van der Waals surface area contributed by atoms with Crippen LogP contribution in [0, 0.1) is 0 Å². The predicted molar refractivity (Wildman–Crippen MR) is 94.1 cm³/mol. The average Bonchev–Trinajstić information content (AvgIpc) is 3.09. The van der Waals surface area contributed by atoms with E-state index in [2.05, 4.69) is 70.6 Å². The summed E-state index contributed by atoms with van der Waals surface area (Å²) in [5.74, 6) is 0. The van der Waals surface area contributed by atoms with Gasteiger partial charge < -0.3 is 0 Å². The molecule has 0 saturated heterocycles. The van der Waals surface area contributed by atoms with E-state index in [9.17, 15) is 0 Å². The van der Waals surface area contributed by atoms with Crippen molar-refractivity contribution in [3.8, 4) is 22.4 Å². The molecule has 3 heteroatoms. The number of pyridine rings is 1. The number of hydrogen-bond donors (Lipinski definition) is 1. The molecule has 1 N–H and O–H groups in total. The molecule has 0 atom stereocenters. The number of fused-ring (bicyclic) bond motifs is 1. The molecule has 2 aromatic carbocycles. The summed E-state index contributed by atoms with van der Waals surface area (Å²) in [6, 6.07) is 19.1. The van der Waals surface area contributed by atoms with Gasteiger partial charge in [0.2, 0.25) is 0 Å². The monoisotopic (exact) mass is 299 g/mol. The lowest BCUT2D eigenvalue weighted by Gasteiger charge is -2.10. The summed E-state index contributed by atoms with van der Waals surface area (Å²) in [6.45, 7) is 2.17. The van der Waals surface area contributed by atoms with E-state index >= 15 is 0 Å². The summed E-state index contributed by atoms with van der Waals surface area (Å²) < 4.78 is 0. The minimum atomic E-state index is 1.02. The van der Waals surface area contributed by atoms with Gasteiger partial charge in [0.1, 0.15) is 0 Å². The summed E-state index contributed by atoms with van der Waals surface area (Å²) in [5, 5.41) is 8.20. The molecular formula is C20H17N3. The van der Waals surface area contributed by atoms with Gasteiger partial charge in [-0.15, -0.1) is 0 Å². The van der Waals surface area contributed by atoms with Gasteiger partial charge in [0, 0.05) is 22.7 Å². The third-order valence-corrected chi connectivity index (χ3v) is 4.17. The van der Waals surface area contributed by atoms with Crippen molar-refractivity contribution in [1.82, 2.24) is 15.2 Å². The Morgan fingerprint density at radius 1 is 0.957 bits per heavy atom. The van der Waals surface area contributed by atoms with Crippen LogP contribution in [0.15, 0.2) is 67.0 Å². The topological polar surface area (TPSA) is 41.6 Å². The van der Waals surface area contributed by atoms with Gasteiger partial charge in [0.05, 0.1) is 17.4 Å². The van der Waals surface area contributed by atoms with Gasteiger partial charge >= 0.3 is 0 Å². The number of nitrogens with one attached hydrogen (secondary N) is 1. The number of aromatic nitrogens is 3. The maximum absolute atomic E-state index is 4.65. The molecule has 0 radical (unpaired) electrons. The first-order valence-electron chi connectivity index (χ1n) is 7.83. The zero-order valence-electron chi connectivity index (χ0n) is 13.0. The smallest absolute Gasteiger partial charge is 0.0780 e. The van der Waals surface area contributed by atoms with Gasteiger partial charge in [0.25, 0.3) is 0 Å². The van der Waals surface area contributed by atoms with Crippen molar-refractivity contribution >= 4 is 10.9 Å². The van der Waals surface area contributed by atoms with Gasteiger partial charge in [0.15, 0.2) is 0 Å². The van der Waals surface area contributed by atoms with Crippen molar-refractivity contribution < 1.29 is 0 Å². The molecule has 0 saturated carbocycles. The minimum absolute atomic E-state index is 1.02. The van der Waals surface area contributed by atoms with Crippen molar-refractivity contribution in [2.45, 2.75) is 13.3 Å². The zero-order valence-corrected chi connectivity index (χ0v) is 13.0. The van der Waals surface area contributed by atoms with E-state index in [0.717, 1.165) is 39.7 Å². The Hall–Kier alpha value is -2.94. The Bertz CT molecular complexity index is 969. The summed E-state index contributed by atoms with van der Waals surface area (Å²) in [7, 11) is 0. The van der Waals surface area contributed by atoms with Crippen molar-refractivity contribution in [2.75, 3.05) is 0 Å². The third kappa shape index (κ3) is 2.50. The highest BCUT2D eigenvalue weighted by molar-refractivity contribution is 5.88. The van der Waals surface area contributed by atoms with Gasteiger partial charge in [-0.1, -0.05) is 37.3 Å². The standard InChI is InChI=1S/C20H17N3/c1-2-14-5-3-6-16(11-14)20-18(7-4-10-21-20)15-8-9-19-17(12-15)13-22-23-19/h3-13H,2H2,1H3,(H,22,23). The highest BCUT2D eigenvalue weighted by Gasteiger charge is 2.10. The Balaban J connectivity index is 1.89. The summed E-state index contributed by atoms with van der Waals surface area (Å²) >= 11 is 0. The highest BCUT2D eigenvalue weighted by atomic mass is 15.1. The molecule has 3 nitrogen and oxygen atoms in total. The molecule has 2 heterocycles. The predicted octanol–water partition coefficient (Wildman–Crippen LogP) is 4.85. The van der Waals surface area contributed by atoms with Gasteiger partial charge in [-0.25, -0.2) is 0 Å². The number of benzene rings is 2. The van der Waals surface area contributed by atoms with Crippen LogP contribution in [0.25, 0.3) is 33.3 Å². The maximum Gasteiger partial charge on any atom is 0.0780 e. The first-order valence-corrected chi connectivity index (χ1v) is 7.83. The Morgan fingerprint density at radius 2 is 1.91 bits per heavy atom. The molecule has 0 aliphatic heterocycles. The molecule has 0 amide bonds. The van der Waals surface area contributed by atoms with E-state index in [1.165, 1.54) is 5.56 Å². The molecule has 23 heavy (non-hydrogen) atoms. The Morgan fingerprint density at radius 3 is 2.83 bits per heavy atom. The number of hydrogen-bond acceptors (Lipinski definition) is 2. The second-order valence-corrected chi connectivity index (χ2v) is 5.63.